The minimum Gasteiger partial charge on any atom is -0.382 e. The van der Waals surface area contributed by atoms with E-state index in [1.54, 1.807) is 24.3 Å². The van der Waals surface area contributed by atoms with Gasteiger partial charge in [0.25, 0.3) is 0 Å². The van der Waals surface area contributed by atoms with Crippen molar-refractivity contribution in [3.05, 3.63) is 40.0 Å². The first-order chi connectivity index (χ1) is 7.09. The summed E-state index contributed by atoms with van der Waals surface area (Å²) in [5, 5.41) is 9.11. The molecule has 1 aromatic heterocycles. The summed E-state index contributed by atoms with van der Waals surface area (Å²) in [5.74, 6) is -0.0899. The van der Waals surface area contributed by atoms with Crippen LogP contribution in [0.5, 0.6) is 0 Å². The number of benzene rings is 1. The third-order valence-corrected chi connectivity index (χ3v) is 2.67. The zero-order valence-electron chi connectivity index (χ0n) is 8.00. The summed E-state index contributed by atoms with van der Waals surface area (Å²) in [7, 11) is 0. The van der Waals surface area contributed by atoms with E-state index >= 15 is 0 Å². The molecular weight excluding hydrogens is 268 g/mol. The van der Waals surface area contributed by atoms with Crippen molar-refractivity contribution in [1.82, 2.24) is 4.98 Å². The average molecular weight is 277 g/mol. The molecule has 2 aromatic rings. The molecule has 0 fully saturated rings. The number of nitrogens with two attached hydrogens (primary N) is 1. The van der Waals surface area contributed by atoms with Crippen LogP contribution in [-0.4, -0.2) is 10.8 Å². The molecule has 0 radical (unpaired) electrons. The van der Waals surface area contributed by atoms with Crippen molar-refractivity contribution < 1.29 is 0 Å². The van der Waals surface area contributed by atoms with Crippen LogP contribution in [0.4, 0.5) is 0 Å². The highest BCUT2D eigenvalue weighted by Crippen LogP contribution is 2.28. The Morgan fingerprint density at radius 3 is 2.38 bits per heavy atom. The molecule has 3 nitrogen and oxygen atoms in total. The maximum absolute atomic E-state index is 7.27. The Hall–Kier alpha value is -1.03. The van der Waals surface area contributed by atoms with E-state index in [9.17, 15) is 0 Å². The molecule has 3 N–H and O–H groups in total. The lowest BCUT2D eigenvalue weighted by molar-refractivity contribution is 1.31. The summed E-state index contributed by atoms with van der Waals surface area (Å²) in [6.45, 7) is 0. The van der Waals surface area contributed by atoms with E-state index in [1.807, 2.05) is 0 Å². The summed E-state index contributed by atoms with van der Waals surface area (Å²) in [4.78, 5) is 4.17. The number of amidine groups is 1. The molecule has 0 atom stereocenters. The monoisotopic (exact) mass is 275 g/mol. The lowest BCUT2D eigenvalue weighted by atomic mass is 10.2. The second-order valence-corrected chi connectivity index (χ2v) is 3.85. The lowest BCUT2D eigenvalue weighted by Gasteiger charge is -2.04. The van der Waals surface area contributed by atoms with Crippen LogP contribution in [0, 0.1) is 5.41 Å². The lowest BCUT2D eigenvalue weighted by Crippen LogP contribution is -2.12. The molecule has 0 saturated heterocycles. The molecule has 2 rings (SSSR count). The summed E-state index contributed by atoms with van der Waals surface area (Å²) >= 11 is 12.0. The Morgan fingerprint density at radius 1 is 1.12 bits per heavy atom. The van der Waals surface area contributed by atoms with Gasteiger partial charge in [-0.25, -0.2) is 4.98 Å². The predicted octanol–water partition coefficient (Wildman–Crippen LogP) is 3.25. The zero-order chi connectivity index (χ0) is 11.0. The predicted molar refractivity (Wildman–Crippen MR) is 70.0 cm³/mol. The van der Waals surface area contributed by atoms with Crippen LogP contribution in [0.2, 0.25) is 10.0 Å². The molecule has 1 aromatic carbocycles. The van der Waals surface area contributed by atoms with Gasteiger partial charge in [-0.15, -0.1) is 12.4 Å². The van der Waals surface area contributed by atoms with E-state index in [2.05, 4.69) is 4.98 Å². The third kappa shape index (κ3) is 2.21. The van der Waals surface area contributed by atoms with Crippen LogP contribution >= 0.6 is 35.6 Å². The van der Waals surface area contributed by atoms with Gasteiger partial charge in [0.2, 0.25) is 0 Å². The molecule has 0 amide bonds. The average Bonchev–Trinajstić information content (AvgIpc) is 2.23. The van der Waals surface area contributed by atoms with Crippen molar-refractivity contribution in [2.45, 2.75) is 0 Å². The quantitative estimate of drug-likeness (QED) is 0.620. The highest BCUT2D eigenvalue weighted by atomic mass is 35.5. The van der Waals surface area contributed by atoms with Gasteiger partial charge in [0, 0.05) is 5.39 Å². The molecule has 0 unspecified atom stereocenters. The number of nitrogen functional groups attached to an aromatic ring is 1. The van der Waals surface area contributed by atoms with Crippen LogP contribution in [0.25, 0.3) is 10.9 Å². The molecule has 16 heavy (non-hydrogen) atoms. The van der Waals surface area contributed by atoms with Crippen molar-refractivity contribution >= 4 is 52.3 Å². The minimum atomic E-state index is -0.0899. The number of pyridine rings is 1. The fourth-order valence-electron chi connectivity index (χ4n) is 1.30. The van der Waals surface area contributed by atoms with E-state index in [1.165, 1.54) is 0 Å². The van der Waals surface area contributed by atoms with Crippen molar-refractivity contribution in [3.63, 3.8) is 0 Å². The Balaban J connectivity index is 0.00000128. The Labute approximate surface area is 108 Å². The smallest absolute Gasteiger partial charge is 0.141 e. The Morgan fingerprint density at radius 2 is 1.75 bits per heavy atom. The van der Waals surface area contributed by atoms with Crippen LogP contribution in [0.1, 0.15) is 5.69 Å². The normalized spacial score (nSPS) is 9.88. The van der Waals surface area contributed by atoms with Crippen LogP contribution in [0.15, 0.2) is 24.3 Å². The molecule has 0 aliphatic heterocycles. The molecule has 0 saturated carbocycles. The fraction of sp³-hybridized carbons (Fsp3) is 0. The molecule has 0 aliphatic carbocycles. The number of hydrogen-bond donors (Lipinski definition) is 2. The van der Waals surface area contributed by atoms with Crippen molar-refractivity contribution in [2.75, 3.05) is 0 Å². The molecule has 84 valence electrons. The first-order valence-electron chi connectivity index (χ1n) is 4.19. The van der Waals surface area contributed by atoms with Crippen LogP contribution in [0.3, 0.4) is 0 Å². The van der Waals surface area contributed by atoms with Gasteiger partial charge in [-0.05, 0) is 24.3 Å². The maximum atomic E-state index is 7.27. The van der Waals surface area contributed by atoms with Crippen molar-refractivity contribution in [3.8, 4) is 0 Å². The Bertz CT molecular complexity index is 554. The van der Waals surface area contributed by atoms with E-state index in [4.69, 9.17) is 34.3 Å². The Kier molecular flexibility index (Phi) is 3.97. The highest BCUT2D eigenvalue weighted by molar-refractivity contribution is 6.39. The van der Waals surface area contributed by atoms with Gasteiger partial charge in [0.05, 0.1) is 15.6 Å². The van der Waals surface area contributed by atoms with Gasteiger partial charge >= 0.3 is 0 Å². The molecule has 1 heterocycles. The van der Waals surface area contributed by atoms with E-state index in [0.717, 1.165) is 5.39 Å². The molecule has 0 spiro atoms. The summed E-state index contributed by atoms with van der Waals surface area (Å²) in [6.07, 6.45) is 0. The number of nitrogens with zero attached hydrogens (tertiary/aromatic N) is 1. The molecule has 0 bridgehead atoms. The number of fused-ring (bicyclic) bond motifs is 1. The van der Waals surface area contributed by atoms with Crippen molar-refractivity contribution in [1.29, 1.82) is 5.41 Å². The maximum Gasteiger partial charge on any atom is 0.141 e. The third-order valence-electron chi connectivity index (χ3n) is 2.03. The second kappa shape index (κ2) is 4.87. The topological polar surface area (TPSA) is 62.8 Å². The fourth-order valence-corrected chi connectivity index (χ4v) is 1.72. The highest BCUT2D eigenvalue weighted by Gasteiger charge is 2.06. The van der Waals surface area contributed by atoms with E-state index < -0.39 is 0 Å². The number of rotatable bonds is 1. The number of hydrogen-bond acceptors (Lipinski definition) is 2. The van der Waals surface area contributed by atoms with E-state index in [0.29, 0.717) is 21.3 Å². The van der Waals surface area contributed by atoms with Gasteiger partial charge < -0.3 is 5.73 Å². The first kappa shape index (κ1) is 13.0. The van der Waals surface area contributed by atoms with Gasteiger partial charge in [-0.2, -0.15) is 0 Å². The SMILES string of the molecule is Cl.N=C(N)c1ccc2c(Cl)ccc(Cl)c2n1. The summed E-state index contributed by atoms with van der Waals surface area (Å²) < 4.78 is 0. The standard InChI is InChI=1S/C10H7Cl2N3.ClH/c11-6-2-3-7(12)9-5(6)1-4-8(15-9)10(13)14;/h1-4H,(H3,13,14);1H. The van der Waals surface area contributed by atoms with Crippen LogP contribution in [-0.2, 0) is 0 Å². The number of aromatic nitrogens is 1. The largest absolute Gasteiger partial charge is 0.382 e. The molecular formula is C10H8Cl3N3. The van der Waals surface area contributed by atoms with Gasteiger partial charge in [-0.3, -0.25) is 5.41 Å². The summed E-state index contributed by atoms with van der Waals surface area (Å²) in [6, 6.07) is 6.78. The zero-order valence-corrected chi connectivity index (χ0v) is 10.3. The van der Waals surface area contributed by atoms with E-state index in [-0.39, 0.29) is 18.2 Å². The molecule has 0 aliphatic rings. The van der Waals surface area contributed by atoms with Gasteiger partial charge in [0.15, 0.2) is 0 Å². The number of halogens is 3. The summed E-state index contributed by atoms with van der Waals surface area (Å²) in [5.41, 5.74) is 6.30. The number of nitrogens with one attached hydrogen (secondary N) is 1. The van der Waals surface area contributed by atoms with Gasteiger partial charge in [0.1, 0.15) is 11.5 Å². The first-order valence-corrected chi connectivity index (χ1v) is 4.94. The minimum absolute atomic E-state index is 0. The van der Waals surface area contributed by atoms with Crippen molar-refractivity contribution in [2.24, 2.45) is 5.73 Å². The van der Waals surface area contributed by atoms with Gasteiger partial charge in [-0.1, -0.05) is 23.2 Å². The molecule has 6 heteroatoms. The second-order valence-electron chi connectivity index (χ2n) is 3.04. The van der Waals surface area contributed by atoms with Crippen LogP contribution < -0.4 is 5.73 Å².